The van der Waals surface area contributed by atoms with Crippen LogP contribution in [0.25, 0.3) is 0 Å². The third-order valence-electron chi connectivity index (χ3n) is 2.85. The zero-order valence-corrected chi connectivity index (χ0v) is 12.7. The molecule has 1 aliphatic rings. The summed E-state index contributed by atoms with van der Waals surface area (Å²) in [6.45, 7) is 11.9. The summed E-state index contributed by atoms with van der Waals surface area (Å²) in [6.07, 6.45) is 0. The molecule has 0 saturated carbocycles. The number of hydrogen-bond acceptors (Lipinski definition) is 3. The summed E-state index contributed by atoms with van der Waals surface area (Å²) in [4.78, 5) is 0. The van der Waals surface area contributed by atoms with E-state index in [1.54, 1.807) is 0 Å². The van der Waals surface area contributed by atoms with Crippen LogP contribution in [-0.4, -0.2) is 61.2 Å². The first-order valence-corrected chi connectivity index (χ1v) is 9.19. The molecule has 0 aromatic heterocycles. The van der Waals surface area contributed by atoms with E-state index in [0.29, 0.717) is 9.84 Å². The molecule has 0 N–H and O–H groups in total. The summed E-state index contributed by atoms with van der Waals surface area (Å²) in [7, 11) is 4.58. The molecule has 1 saturated heterocycles. The fourth-order valence-electron chi connectivity index (χ4n) is 1.89. The van der Waals surface area contributed by atoms with Gasteiger partial charge in [0.05, 0.1) is 0 Å². The minimum Gasteiger partial charge on any atom is -0.322 e. The van der Waals surface area contributed by atoms with Gasteiger partial charge in [0.15, 0.2) is 0 Å². The molecule has 81 valence electrons. The fourth-order valence-corrected chi connectivity index (χ4v) is 12.8. The third kappa shape index (κ3) is 1.88. The molecule has 15 heavy (non-hydrogen) atoms. The van der Waals surface area contributed by atoms with E-state index in [-0.39, 0.29) is 0 Å². The van der Waals surface area contributed by atoms with Gasteiger partial charge >= 0.3 is 0 Å². The van der Waals surface area contributed by atoms with Gasteiger partial charge in [-0.25, -0.2) is 0 Å². The van der Waals surface area contributed by atoms with Gasteiger partial charge in [0.25, 0.3) is 0 Å². The molecule has 0 amide bonds. The van der Waals surface area contributed by atoms with Crippen LogP contribution in [0.4, 0.5) is 0 Å². The average Bonchev–Trinajstić information content (AvgIpc) is 2.20. The van der Waals surface area contributed by atoms with E-state index in [0.717, 1.165) is 0 Å². The predicted octanol–water partition coefficient (Wildman–Crippen LogP) is 0.436. The number of rotatable bonds is 3. The van der Waals surface area contributed by atoms with E-state index >= 15 is 0 Å². The minimum atomic E-state index is -1.82. The van der Waals surface area contributed by atoms with Gasteiger partial charge in [-0.15, -0.1) is 19.7 Å². The second kappa shape index (κ2) is 4.73. The largest absolute Gasteiger partial charge is 0.322 e. The lowest BCUT2D eigenvalue weighted by Crippen LogP contribution is -2.76. The molecule has 1 rings (SSSR count). The van der Waals surface area contributed by atoms with E-state index in [4.69, 9.17) is 0 Å². The maximum atomic E-state index is 4.00. The van der Waals surface area contributed by atoms with Gasteiger partial charge in [0.1, 0.15) is 0 Å². The van der Waals surface area contributed by atoms with E-state index in [2.05, 4.69) is 70.7 Å². The molecule has 0 aliphatic carbocycles. The second-order valence-electron chi connectivity index (χ2n) is 3.53. The molecule has 1 heterocycles. The van der Waals surface area contributed by atoms with Crippen LogP contribution in [0, 0.1) is 0 Å². The van der Waals surface area contributed by atoms with Crippen molar-refractivity contribution in [1.29, 1.82) is 0 Å². The summed E-state index contributed by atoms with van der Waals surface area (Å²) < 4.78 is 7.22. The molecule has 1 fully saturated rings. The first-order chi connectivity index (χ1) is 7.03. The van der Waals surface area contributed by atoms with Gasteiger partial charge in [-0.3, -0.25) is 0 Å². The van der Waals surface area contributed by atoms with E-state index in [1.807, 2.05) is 0 Å². The molecular weight excluding hydrogens is 234 g/mol. The SMILES string of the molecule is C=C[Si]1N(C)[Si]N(C)[Si](C=C)(C=C)N1C. The van der Waals surface area contributed by atoms with E-state index in [9.17, 15) is 0 Å². The van der Waals surface area contributed by atoms with Gasteiger partial charge in [-0.1, -0.05) is 17.1 Å². The molecule has 1 aliphatic heterocycles. The number of nitrogens with zero attached hydrogens (tertiary/aromatic N) is 3. The Hall–Kier alpha value is -0.249. The minimum absolute atomic E-state index is 0.706. The van der Waals surface area contributed by atoms with E-state index < -0.39 is 17.5 Å². The lowest BCUT2D eigenvalue weighted by Gasteiger charge is -2.51. The van der Waals surface area contributed by atoms with Crippen LogP contribution in [-0.2, 0) is 0 Å². The number of hydrogen-bond donors (Lipinski definition) is 0. The molecule has 3 nitrogen and oxygen atoms in total. The Morgan fingerprint density at radius 1 is 1.13 bits per heavy atom. The first-order valence-electron chi connectivity index (χ1n) is 4.77. The smallest absolute Gasteiger partial charge is 0.245 e. The summed E-state index contributed by atoms with van der Waals surface area (Å²) in [5.41, 5.74) is 6.27. The molecule has 0 spiro atoms. The standard InChI is InChI=1S/C9H18N3Si3/c1-7-14-10(4)13-11(5)15(8-2,9-3)12(14)6/h7-9H,1-3H2,4-6H3. The van der Waals surface area contributed by atoms with Crippen molar-refractivity contribution in [1.82, 2.24) is 12.7 Å². The lowest BCUT2D eigenvalue weighted by atomic mass is 11.2. The summed E-state index contributed by atoms with van der Waals surface area (Å²) in [6, 6.07) is 0. The lowest BCUT2D eigenvalue weighted by molar-refractivity contribution is 0.555. The van der Waals surface area contributed by atoms with Crippen molar-refractivity contribution < 1.29 is 0 Å². The highest BCUT2D eigenvalue weighted by Gasteiger charge is 2.46. The Morgan fingerprint density at radius 3 is 2.07 bits per heavy atom. The predicted molar refractivity (Wildman–Crippen MR) is 71.1 cm³/mol. The molecule has 0 aromatic rings. The Balaban J connectivity index is 3.11. The van der Waals surface area contributed by atoms with Crippen LogP contribution < -0.4 is 0 Å². The third-order valence-corrected chi connectivity index (χ3v) is 12.7. The molecule has 3 radical (unpaired) electrons. The van der Waals surface area contributed by atoms with Gasteiger partial charge in [-0.05, 0) is 21.1 Å². The normalized spacial score (nSPS) is 25.0. The van der Waals surface area contributed by atoms with Gasteiger partial charge in [0.2, 0.25) is 27.4 Å². The Kier molecular flexibility index (Phi) is 4.04. The zero-order valence-electron chi connectivity index (χ0n) is 9.70. The van der Waals surface area contributed by atoms with Crippen LogP contribution >= 0.6 is 0 Å². The van der Waals surface area contributed by atoms with Crippen LogP contribution in [0.3, 0.4) is 0 Å². The van der Waals surface area contributed by atoms with Crippen molar-refractivity contribution in [3.05, 3.63) is 36.8 Å². The van der Waals surface area contributed by atoms with Crippen molar-refractivity contribution >= 4 is 27.4 Å². The van der Waals surface area contributed by atoms with Gasteiger partial charge < -0.3 is 12.7 Å². The Bertz CT molecular complexity index is 274. The highest BCUT2D eigenvalue weighted by atomic mass is 28.4. The Labute approximate surface area is 98.3 Å². The summed E-state index contributed by atoms with van der Waals surface area (Å²) in [5, 5.41) is 0. The summed E-state index contributed by atoms with van der Waals surface area (Å²) >= 11 is 0. The van der Waals surface area contributed by atoms with Crippen LogP contribution in [0.15, 0.2) is 36.8 Å². The van der Waals surface area contributed by atoms with Crippen LogP contribution in [0.1, 0.15) is 0 Å². The molecule has 0 unspecified atom stereocenters. The summed E-state index contributed by atoms with van der Waals surface area (Å²) in [5.74, 6) is 0. The fraction of sp³-hybridized carbons (Fsp3) is 0.333. The molecule has 6 heteroatoms. The van der Waals surface area contributed by atoms with Crippen molar-refractivity contribution in [2.45, 2.75) is 0 Å². The van der Waals surface area contributed by atoms with Crippen molar-refractivity contribution in [2.24, 2.45) is 0 Å². The van der Waals surface area contributed by atoms with Gasteiger partial charge in [-0.2, -0.15) is 0 Å². The maximum absolute atomic E-state index is 4.00. The molecule has 0 atom stereocenters. The topological polar surface area (TPSA) is 9.72 Å². The van der Waals surface area contributed by atoms with Crippen molar-refractivity contribution in [3.8, 4) is 0 Å². The molecule has 0 bridgehead atoms. The van der Waals surface area contributed by atoms with Crippen LogP contribution in [0.5, 0.6) is 0 Å². The first kappa shape index (κ1) is 12.8. The highest BCUT2D eigenvalue weighted by Crippen LogP contribution is 2.21. The zero-order chi connectivity index (χ0) is 11.6. The van der Waals surface area contributed by atoms with Crippen molar-refractivity contribution in [2.75, 3.05) is 21.1 Å². The second-order valence-corrected chi connectivity index (χ2v) is 12.6. The average molecular weight is 253 g/mol. The van der Waals surface area contributed by atoms with Gasteiger partial charge in [0, 0.05) is 0 Å². The highest BCUT2D eigenvalue weighted by molar-refractivity contribution is 6.97. The molecule has 0 aromatic carbocycles. The van der Waals surface area contributed by atoms with Crippen molar-refractivity contribution in [3.63, 3.8) is 0 Å². The monoisotopic (exact) mass is 252 g/mol. The quantitative estimate of drug-likeness (QED) is 0.675. The maximum Gasteiger partial charge on any atom is 0.245 e. The van der Waals surface area contributed by atoms with E-state index in [1.165, 1.54) is 0 Å². The Morgan fingerprint density at radius 2 is 1.67 bits per heavy atom. The van der Waals surface area contributed by atoms with Crippen LogP contribution in [0.2, 0.25) is 0 Å². The molecular formula is C9H18N3Si3.